The van der Waals surface area contributed by atoms with Gasteiger partial charge in [-0.25, -0.2) is 4.99 Å². The van der Waals surface area contributed by atoms with E-state index >= 15 is 0 Å². The zero-order valence-corrected chi connectivity index (χ0v) is 16.9. The number of hydrogen-bond donors (Lipinski definition) is 3. The molecule has 0 unspecified atom stereocenters. The largest absolute Gasteiger partial charge is 0.506 e. The van der Waals surface area contributed by atoms with Gasteiger partial charge in [0.2, 0.25) is 0 Å². The van der Waals surface area contributed by atoms with Crippen LogP contribution in [-0.2, 0) is 11.3 Å². The Labute approximate surface area is 178 Å². The quantitative estimate of drug-likeness (QED) is 0.451. The molecule has 0 saturated heterocycles. The lowest BCUT2D eigenvalue weighted by atomic mass is 9.98. The molecule has 0 fully saturated rings. The summed E-state index contributed by atoms with van der Waals surface area (Å²) in [6.07, 6.45) is 0. The highest BCUT2D eigenvalue weighted by Gasteiger charge is 2.29. The van der Waals surface area contributed by atoms with Gasteiger partial charge in [-0.15, -0.1) is 0 Å². The number of nitrogens with one attached hydrogen (secondary N) is 2. The molecule has 0 radical (unpaired) electrons. The number of aromatic amines is 2. The first-order valence-corrected chi connectivity index (χ1v) is 9.89. The van der Waals surface area contributed by atoms with Crippen LogP contribution in [0.3, 0.4) is 0 Å². The van der Waals surface area contributed by atoms with Gasteiger partial charge in [0.15, 0.2) is 0 Å². The van der Waals surface area contributed by atoms with Crippen molar-refractivity contribution in [3.63, 3.8) is 0 Å². The summed E-state index contributed by atoms with van der Waals surface area (Å²) in [5, 5.41) is 17.7. The number of fused-ring (bicyclic) bond motifs is 2. The van der Waals surface area contributed by atoms with Gasteiger partial charge in [0, 0.05) is 22.2 Å². The van der Waals surface area contributed by atoms with Crippen molar-refractivity contribution in [3.05, 3.63) is 84.3 Å². The summed E-state index contributed by atoms with van der Waals surface area (Å²) in [7, 11) is 0. The SMILES string of the molecule is CCn1c(=O)c(-c2[nH][nH]c(=O)c2C2=c3cc(Cl)ccc3=NC2=O)c(O)c2ccccc21. The Balaban J connectivity index is 1.93. The fourth-order valence-electron chi connectivity index (χ4n) is 4.04. The number of hydrogen-bond acceptors (Lipinski definition) is 4. The highest BCUT2D eigenvalue weighted by molar-refractivity contribution is 6.31. The number of aryl methyl sites for hydroxylation is 1. The summed E-state index contributed by atoms with van der Waals surface area (Å²) in [6.45, 7) is 2.15. The van der Waals surface area contributed by atoms with Crippen LogP contribution in [0.25, 0.3) is 27.7 Å². The molecule has 2 aromatic carbocycles. The summed E-state index contributed by atoms with van der Waals surface area (Å²) in [5.74, 6) is -0.907. The van der Waals surface area contributed by atoms with Crippen LogP contribution >= 0.6 is 11.6 Å². The van der Waals surface area contributed by atoms with Crippen molar-refractivity contribution in [1.29, 1.82) is 0 Å². The Morgan fingerprint density at radius 3 is 2.61 bits per heavy atom. The molecule has 0 saturated carbocycles. The average molecular weight is 435 g/mol. The second-order valence-electron chi connectivity index (χ2n) is 7.07. The van der Waals surface area contributed by atoms with Crippen LogP contribution in [0.15, 0.2) is 57.0 Å². The van der Waals surface area contributed by atoms with E-state index < -0.39 is 17.0 Å². The minimum absolute atomic E-state index is 0.0185. The van der Waals surface area contributed by atoms with Gasteiger partial charge in [-0.2, -0.15) is 0 Å². The number of nitrogens with zero attached hydrogens (tertiary/aromatic N) is 2. The predicted octanol–water partition coefficient (Wildman–Crippen LogP) is 1.42. The summed E-state index contributed by atoms with van der Waals surface area (Å²) in [4.78, 5) is 42.8. The van der Waals surface area contributed by atoms with Gasteiger partial charge in [0.1, 0.15) is 11.3 Å². The Hall–Kier alpha value is -3.91. The highest BCUT2D eigenvalue weighted by atomic mass is 35.5. The van der Waals surface area contributed by atoms with Gasteiger partial charge in [-0.3, -0.25) is 24.6 Å². The van der Waals surface area contributed by atoms with Crippen LogP contribution in [0.5, 0.6) is 5.75 Å². The van der Waals surface area contributed by atoms with Crippen LogP contribution in [0.2, 0.25) is 5.02 Å². The molecule has 31 heavy (non-hydrogen) atoms. The maximum absolute atomic E-state index is 13.3. The topological polar surface area (TPSA) is 120 Å². The van der Waals surface area contributed by atoms with E-state index in [0.29, 0.717) is 33.0 Å². The number of amides is 1. The Morgan fingerprint density at radius 2 is 1.84 bits per heavy atom. The standard InChI is InChI=1S/C22H15ClN4O4/c1-2-27-14-6-4-3-5-11(14)19(28)17(22(27)31)18-16(21(30)26-25-18)15-12-9-10(23)7-8-13(12)24-20(15)29/h3-9,28H,2H2,1H3,(H2,25,26,30). The van der Waals surface area contributed by atoms with Crippen molar-refractivity contribution in [1.82, 2.24) is 14.8 Å². The first-order chi connectivity index (χ1) is 14.9. The van der Waals surface area contributed by atoms with Gasteiger partial charge >= 0.3 is 0 Å². The first-order valence-electron chi connectivity index (χ1n) is 9.51. The van der Waals surface area contributed by atoms with Crippen LogP contribution in [-0.4, -0.2) is 25.8 Å². The minimum Gasteiger partial charge on any atom is -0.506 e. The molecule has 0 atom stereocenters. The number of aromatic nitrogens is 3. The molecule has 0 spiro atoms. The third kappa shape index (κ3) is 2.69. The number of H-pyrrole nitrogens is 2. The molecular formula is C22H15ClN4O4. The van der Waals surface area contributed by atoms with Crippen molar-refractivity contribution in [2.75, 3.05) is 0 Å². The van der Waals surface area contributed by atoms with E-state index in [2.05, 4.69) is 15.2 Å². The van der Waals surface area contributed by atoms with E-state index in [1.807, 2.05) is 6.92 Å². The van der Waals surface area contributed by atoms with E-state index in [0.717, 1.165) is 0 Å². The lowest BCUT2D eigenvalue weighted by Gasteiger charge is -2.13. The van der Waals surface area contributed by atoms with Crippen molar-refractivity contribution < 1.29 is 9.90 Å². The molecular weight excluding hydrogens is 420 g/mol. The van der Waals surface area contributed by atoms with Gasteiger partial charge in [-0.1, -0.05) is 23.7 Å². The molecule has 3 N–H and O–H groups in total. The Morgan fingerprint density at radius 1 is 1.06 bits per heavy atom. The number of benzene rings is 2. The van der Waals surface area contributed by atoms with E-state index in [4.69, 9.17) is 11.6 Å². The zero-order valence-electron chi connectivity index (χ0n) is 16.2. The third-order valence-electron chi connectivity index (χ3n) is 5.40. The second kappa shape index (κ2) is 6.82. The van der Waals surface area contributed by atoms with Crippen molar-refractivity contribution in [2.24, 2.45) is 4.99 Å². The molecule has 0 aliphatic carbocycles. The van der Waals surface area contributed by atoms with E-state index in [9.17, 15) is 19.5 Å². The summed E-state index contributed by atoms with van der Waals surface area (Å²) in [5.41, 5.74) is -0.685. The Bertz CT molecular complexity index is 1660. The molecule has 1 amide bonds. The summed E-state index contributed by atoms with van der Waals surface area (Å²) < 4.78 is 1.50. The van der Waals surface area contributed by atoms with Crippen LogP contribution in [0, 0.1) is 0 Å². The number of carbonyl (C=O) groups is 1. The zero-order chi connectivity index (χ0) is 21.9. The lowest BCUT2D eigenvalue weighted by Crippen LogP contribution is -2.25. The van der Waals surface area contributed by atoms with E-state index in [1.165, 1.54) is 4.57 Å². The number of rotatable bonds is 3. The number of halogens is 1. The second-order valence-corrected chi connectivity index (χ2v) is 7.51. The van der Waals surface area contributed by atoms with Crippen molar-refractivity contribution in [2.45, 2.75) is 13.5 Å². The smallest absolute Gasteiger partial charge is 0.279 e. The number of carbonyl (C=O) groups excluding carboxylic acids is 1. The maximum Gasteiger partial charge on any atom is 0.279 e. The van der Waals surface area contributed by atoms with Crippen LogP contribution in [0.4, 0.5) is 0 Å². The molecule has 5 rings (SSSR count). The fraction of sp³-hybridized carbons (Fsp3) is 0.0909. The molecule has 2 aromatic heterocycles. The third-order valence-corrected chi connectivity index (χ3v) is 5.64. The molecule has 8 nitrogen and oxygen atoms in total. The summed E-state index contributed by atoms with van der Waals surface area (Å²) >= 11 is 6.10. The normalized spacial score (nSPS) is 13.0. The van der Waals surface area contributed by atoms with Gasteiger partial charge in [0.05, 0.1) is 27.7 Å². The lowest BCUT2D eigenvalue weighted by molar-refractivity contribution is -0.112. The molecule has 0 bridgehead atoms. The van der Waals surface area contributed by atoms with Crippen LogP contribution in [0.1, 0.15) is 12.5 Å². The van der Waals surface area contributed by atoms with Crippen molar-refractivity contribution in [3.8, 4) is 17.0 Å². The number of aromatic hydroxyl groups is 1. The Kier molecular flexibility index (Phi) is 4.19. The van der Waals surface area contributed by atoms with E-state index in [1.54, 1.807) is 42.5 Å². The van der Waals surface area contributed by atoms with Crippen molar-refractivity contribution >= 4 is 34.0 Å². The number of pyridine rings is 1. The monoisotopic (exact) mass is 434 g/mol. The van der Waals surface area contributed by atoms with Gasteiger partial charge in [-0.05, 0) is 37.3 Å². The predicted molar refractivity (Wildman–Crippen MR) is 116 cm³/mol. The molecule has 3 heterocycles. The number of para-hydroxylation sites is 1. The van der Waals surface area contributed by atoms with E-state index in [-0.39, 0.29) is 28.1 Å². The maximum atomic E-state index is 13.3. The molecule has 9 heteroatoms. The molecule has 4 aromatic rings. The van der Waals surface area contributed by atoms with Gasteiger partial charge in [0.25, 0.3) is 17.0 Å². The molecule has 1 aliphatic heterocycles. The molecule has 154 valence electrons. The van der Waals surface area contributed by atoms with Gasteiger partial charge < -0.3 is 9.67 Å². The minimum atomic E-state index is -0.625. The average Bonchev–Trinajstić information content (AvgIpc) is 3.27. The molecule has 1 aliphatic rings. The fourth-order valence-corrected chi connectivity index (χ4v) is 4.21. The van der Waals surface area contributed by atoms with Crippen LogP contribution < -0.4 is 21.7 Å². The summed E-state index contributed by atoms with van der Waals surface area (Å²) in [6, 6.07) is 11.6. The first kappa shape index (κ1) is 19.1. The highest BCUT2D eigenvalue weighted by Crippen LogP contribution is 2.34.